The second kappa shape index (κ2) is 5.92. The van der Waals surface area contributed by atoms with Crippen molar-refractivity contribution >= 4 is 27.5 Å². The Bertz CT molecular complexity index is 1040. The molecular weight excluding hydrogens is 306 g/mol. The number of nitrogens with one attached hydrogen (secondary N) is 1. The Labute approximate surface area is 147 Å². The monoisotopic (exact) mass is 327 g/mol. The number of aromatic amines is 1. The minimum absolute atomic E-state index is 1.06. The number of hydrogen-bond acceptors (Lipinski definition) is 2. The molecule has 5 rings (SSSR count). The van der Waals surface area contributed by atoms with Crippen molar-refractivity contribution in [2.24, 2.45) is 0 Å². The number of hydrogen-bond donors (Lipinski definition) is 1. The van der Waals surface area contributed by atoms with Crippen LogP contribution in [0.15, 0.2) is 60.8 Å². The molecule has 0 atom stereocenters. The molecule has 1 aliphatic rings. The summed E-state index contributed by atoms with van der Waals surface area (Å²) >= 11 is 0. The molecule has 3 heterocycles. The molecular formula is C22H21N3. The Morgan fingerprint density at radius 1 is 0.840 bits per heavy atom. The van der Waals surface area contributed by atoms with Crippen LogP contribution in [0.3, 0.4) is 0 Å². The fourth-order valence-electron chi connectivity index (χ4n) is 3.89. The van der Waals surface area contributed by atoms with Crippen LogP contribution in [0.2, 0.25) is 0 Å². The molecule has 0 spiro atoms. The maximum Gasteiger partial charge on any atom is 0.0943 e. The second-order valence-corrected chi connectivity index (χ2v) is 6.88. The zero-order valence-electron chi connectivity index (χ0n) is 14.2. The maximum absolute atomic E-state index is 5.06. The number of benzene rings is 2. The number of fused-ring (bicyclic) bond motifs is 2. The standard InChI is InChI=1S/C22H21N3/c1-4-12-25(13-5-1)21-15-16-6-2-3-7-20(16)24-22(21)18-8-9-19-17(14-18)10-11-23-19/h2-3,6-11,14-15,23H,1,4-5,12-13H2. The van der Waals surface area contributed by atoms with Crippen molar-refractivity contribution in [1.82, 2.24) is 9.97 Å². The summed E-state index contributed by atoms with van der Waals surface area (Å²) in [5, 5.41) is 2.45. The summed E-state index contributed by atoms with van der Waals surface area (Å²) in [6, 6.07) is 19.5. The SMILES string of the molecule is c1ccc2nc(-c3ccc4[nH]ccc4c3)c(N3CCCCC3)cc2c1. The third-order valence-corrected chi connectivity index (χ3v) is 5.23. The van der Waals surface area contributed by atoms with E-state index >= 15 is 0 Å². The molecule has 0 unspecified atom stereocenters. The summed E-state index contributed by atoms with van der Waals surface area (Å²) in [6.45, 7) is 2.25. The highest BCUT2D eigenvalue weighted by molar-refractivity contribution is 5.92. The fourth-order valence-corrected chi connectivity index (χ4v) is 3.89. The van der Waals surface area contributed by atoms with Gasteiger partial charge in [-0.2, -0.15) is 0 Å². The third kappa shape index (κ3) is 2.56. The Balaban J connectivity index is 1.73. The minimum Gasteiger partial charge on any atom is -0.370 e. The van der Waals surface area contributed by atoms with E-state index in [1.807, 2.05) is 6.20 Å². The van der Waals surface area contributed by atoms with Crippen LogP contribution >= 0.6 is 0 Å². The Morgan fingerprint density at radius 2 is 1.72 bits per heavy atom. The molecule has 0 aliphatic carbocycles. The van der Waals surface area contributed by atoms with Crippen molar-refractivity contribution in [3.05, 3.63) is 60.8 Å². The summed E-state index contributed by atoms with van der Waals surface area (Å²) in [5.74, 6) is 0. The highest BCUT2D eigenvalue weighted by atomic mass is 15.1. The van der Waals surface area contributed by atoms with E-state index in [4.69, 9.17) is 4.98 Å². The Morgan fingerprint density at radius 3 is 2.64 bits per heavy atom. The highest BCUT2D eigenvalue weighted by Crippen LogP contribution is 2.35. The van der Waals surface area contributed by atoms with Crippen molar-refractivity contribution in [3.63, 3.8) is 0 Å². The maximum atomic E-state index is 5.06. The predicted octanol–water partition coefficient (Wildman–Crippen LogP) is 5.37. The van der Waals surface area contributed by atoms with E-state index in [9.17, 15) is 0 Å². The van der Waals surface area contributed by atoms with Crippen LogP contribution in [0.4, 0.5) is 5.69 Å². The van der Waals surface area contributed by atoms with Gasteiger partial charge in [0.2, 0.25) is 0 Å². The molecule has 1 fully saturated rings. The van der Waals surface area contributed by atoms with Crippen LogP contribution in [0, 0.1) is 0 Å². The Hall–Kier alpha value is -2.81. The molecule has 4 aromatic rings. The molecule has 124 valence electrons. The van der Waals surface area contributed by atoms with Gasteiger partial charge >= 0.3 is 0 Å². The average Bonchev–Trinajstić information content (AvgIpc) is 3.15. The number of aromatic nitrogens is 2. The number of para-hydroxylation sites is 1. The van der Waals surface area contributed by atoms with Crippen molar-refractivity contribution in [2.45, 2.75) is 19.3 Å². The smallest absolute Gasteiger partial charge is 0.0943 e. The molecule has 1 aliphatic heterocycles. The summed E-state index contributed by atoms with van der Waals surface area (Å²) in [4.78, 5) is 10.8. The van der Waals surface area contributed by atoms with Gasteiger partial charge in [-0.15, -0.1) is 0 Å². The van der Waals surface area contributed by atoms with Crippen molar-refractivity contribution in [3.8, 4) is 11.3 Å². The third-order valence-electron chi connectivity index (χ3n) is 5.23. The van der Waals surface area contributed by atoms with Crippen LogP contribution in [-0.2, 0) is 0 Å². The van der Waals surface area contributed by atoms with Gasteiger partial charge in [-0.05, 0) is 49.6 Å². The summed E-state index contributed by atoms with van der Waals surface area (Å²) in [7, 11) is 0. The van der Waals surface area contributed by atoms with Gasteiger partial charge in [-0.1, -0.05) is 24.3 Å². The van der Waals surface area contributed by atoms with Gasteiger partial charge in [0.1, 0.15) is 0 Å². The minimum atomic E-state index is 1.06. The van der Waals surface area contributed by atoms with Crippen LogP contribution in [0.25, 0.3) is 33.1 Å². The van der Waals surface area contributed by atoms with Crippen LogP contribution < -0.4 is 4.90 Å². The zero-order chi connectivity index (χ0) is 16.6. The van der Waals surface area contributed by atoms with E-state index in [-0.39, 0.29) is 0 Å². The summed E-state index contributed by atoms with van der Waals surface area (Å²) in [6.07, 6.45) is 5.86. The first-order chi connectivity index (χ1) is 12.4. The van der Waals surface area contributed by atoms with E-state index in [1.54, 1.807) is 0 Å². The molecule has 0 amide bonds. The van der Waals surface area contributed by atoms with Crippen molar-refractivity contribution in [2.75, 3.05) is 18.0 Å². The van der Waals surface area contributed by atoms with E-state index in [0.29, 0.717) is 0 Å². The number of piperidine rings is 1. The van der Waals surface area contributed by atoms with Crippen LogP contribution in [-0.4, -0.2) is 23.1 Å². The first kappa shape index (κ1) is 14.5. The molecule has 3 nitrogen and oxygen atoms in total. The highest BCUT2D eigenvalue weighted by Gasteiger charge is 2.18. The zero-order valence-corrected chi connectivity index (χ0v) is 14.2. The lowest BCUT2D eigenvalue weighted by atomic mass is 10.0. The largest absolute Gasteiger partial charge is 0.370 e. The molecule has 2 aromatic carbocycles. The molecule has 0 saturated carbocycles. The lowest BCUT2D eigenvalue weighted by molar-refractivity contribution is 0.578. The van der Waals surface area contributed by atoms with E-state index in [2.05, 4.69) is 64.5 Å². The number of H-pyrrole nitrogens is 1. The van der Waals surface area contributed by atoms with E-state index in [1.165, 1.54) is 46.8 Å². The van der Waals surface area contributed by atoms with Gasteiger partial charge < -0.3 is 9.88 Å². The number of anilines is 1. The molecule has 3 heteroatoms. The normalized spacial score (nSPS) is 15.1. The van der Waals surface area contributed by atoms with E-state index in [0.717, 1.165) is 24.3 Å². The molecule has 0 radical (unpaired) electrons. The predicted molar refractivity (Wildman–Crippen MR) is 105 cm³/mol. The molecule has 2 aromatic heterocycles. The molecule has 1 saturated heterocycles. The lowest BCUT2D eigenvalue weighted by Crippen LogP contribution is -2.30. The number of rotatable bonds is 2. The van der Waals surface area contributed by atoms with Gasteiger partial charge in [0.05, 0.1) is 16.9 Å². The summed E-state index contributed by atoms with van der Waals surface area (Å²) in [5.41, 5.74) is 5.80. The topological polar surface area (TPSA) is 31.9 Å². The molecule has 1 N–H and O–H groups in total. The first-order valence-corrected chi connectivity index (χ1v) is 9.11. The quantitative estimate of drug-likeness (QED) is 0.536. The number of nitrogens with zero attached hydrogens (tertiary/aromatic N) is 2. The molecule has 0 bridgehead atoms. The summed E-state index contributed by atoms with van der Waals surface area (Å²) < 4.78 is 0. The molecule has 25 heavy (non-hydrogen) atoms. The van der Waals surface area contributed by atoms with Gasteiger partial charge in [0, 0.05) is 41.1 Å². The fraction of sp³-hybridized carbons (Fsp3) is 0.227. The second-order valence-electron chi connectivity index (χ2n) is 6.88. The van der Waals surface area contributed by atoms with Gasteiger partial charge in [-0.3, -0.25) is 0 Å². The van der Waals surface area contributed by atoms with Crippen molar-refractivity contribution in [1.29, 1.82) is 0 Å². The van der Waals surface area contributed by atoms with Crippen molar-refractivity contribution < 1.29 is 0 Å². The van der Waals surface area contributed by atoms with Crippen LogP contribution in [0.5, 0.6) is 0 Å². The lowest BCUT2D eigenvalue weighted by Gasteiger charge is -2.30. The first-order valence-electron chi connectivity index (χ1n) is 9.11. The van der Waals surface area contributed by atoms with Gasteiger partial charge in [0.15, 0.2) is 0 Å². The van der Waals surface area contributed by atoms with E-state index < -0.39 is 0 Å². The van der Waals surface area contributed by atoms with Crippen LogP contribution in [0.1, 0.15) is 19.3 Å². The van der Waals surface area contributed by atoms with Gasteiger partial charge in [0.25, 0.3) is 0 Å². The Kier molecular flexibility index (Phi) is 3.44. The number of pyridine rings is 1. The van der Waals surface area contributed by atoms with Gasteiger partial charge in [-0.25, -0.2) is 4.98 Å². The average molecular weight is 327 g/mol.